The molecule has 0 fully saturated rings. The molecule has 2 aromatic heterocycles. The number of fused-ring (bicyclic) bond motifs is 7. The van der Waals surface area contributed by atoms with Crippen molar-refractivity contribution >= 4 is 81.3 Å². The minimum atomic E-state index is 0.910. The van der Waals surface area contributed by atoms with Crippen LogP contribution in [0.2, 0.25) is 0 Å². The van der Waals surface area contributed by atoms with Crippen LogP contribution in [-0.4, -0.2) is 0 Å². The van der Waals surface area contributed by atoms with E-state index in [1.54, 1.807) is 0 Å². The van der Waals surface area contributed by atoms with Crippen LogP contribution in [0.4, 0.5) is 17.1 Å². The summed E-state index contributed by atoms with van der Waals surface area (Å²) in [6.45, 7) is 0. The summed E-state index contributed by atoms with van der Waals surface area (Å²) in [5.74, 6) is 0. The van der Waals surface area contributed by atoms with Crippen LogP contribution < -0.4 is 4.90 Å². The second kappa shape index (κ2) is 12.9. The van der Waals surface area contributed by atoms with Crippen LogP contribution >= 0.6 is 11.3 Å². The Kier molecular flexibility index (Phi) is 7.39. The summed E-state index contributed by atoms with van der Waals surface area (Å²) in [4.78, 5) is 2.37. The molecule has 2 heterocycles. The highest BCUT2D eigenvalue weighted by Crippen LogP contribution is 2.42. The lowest BCUT2D eigenvalue weighted by Gasteiger charge is -2.26. The van der Waals surface area contributed by atoms with Gasteiger partial charge in [0, 0.05) is 53.6 Å². The Morgan fingerprint density at radius 3 is 1.78 bits per heavy atom. The van der Waals surface area contributed by atoms with Gasteiger partial charge >= 0.3 is 0 Å². The fourth-order valence-corrected chi connectivity index (χ4v) is 9.25. The van der Waals surface area contributed by atoms with E-state index in [-0.39, 0.29) is 0 Å². The molecule has 0 aliphatic carbocycles. The predicted molar refractivity (Wildman–Crippen MR) is 235 cm³/mol. The Morgan fingerprint density at radius 2 is 0.945 bits per heavy atom. The Hall–Kier alpha value is -6.94. The van der Waals surface area contributed by atoms with Crippen molar-refractivity contribution < 1.29 is 4.42 Å². The molecule has 0 spiro atoms. The van der Waals surface area contributed by atoms with Crippen LogP contribution in [0, 0.1) is 0 Å². The van der Waals surface area contributed by atoms with Crippen molar-refractivity contribution in [2.24, 2.45) is 0 Å². The molecule has 2 nitrogen and oxygen atoms in total. The summed E-state index contributed by atoms with van der Waals surface area (Å²) in [7, 11) is 0. The van der Waals surface area contributed by atoms with Crippen LogP contribution in [0.25, 0.3) is 86.3 Å². The molecule has 0 amide bonds. The Bertz CT molecular complexity index is 3210. The second-order valence-electron chi connectivity index (χ2n) is 14.1. The highest BCUT2D eigenvalue weighted by Gasteiger charge is 2.17. The minimum Gasteiger partial charge on any atom is -0.455 e. The molecule has 11 aromatic rings. The zero-order valence-electron chi connectivity index (χ0n) is 29.8. The first-order valence-corrected chi connectivity index (χ1v) is 19.5. The summed E-state index contributed by atoms with van der Waals surface area (Å²) in [5, 5.41) is 7.39. The van der Waals surface area contributed by atoms with Gasteiger partial charge in [0.05, 0.1) is 0 Å². The molecular weight excluding hydrogens is 687 g/mol. The lowest BCUT2D eigenvalue weighted by Crippen LogP contribution is -2.09. The molecule has 0 aliphatic rings. The van der Waals surface area contributed by atoms with E-state index in [0.717, 1.165) is 50.1 Å². The van der Waals surface area contributed by atoms with Gasteiger partial charge in [0.2, 0.25) is 0 Å². The van der Waals surface area contributed by atoms with Crippen molar-refractivity contribution in [1.82, 2.24) is 0 Å². The van der Waals surface area contributed by atoms with Crippen molar-refractivity contribution in [3.8, 4) is 33.4 Å². The average molecular weight is 720 g/mol. The SMILES string of the molecule is c1cc(-c2ccc(N(c3ccc(-c4cccc5c4oc4ccccc45)cc3)c3ccc4c(c3)sc3ccccc34)cc2)cc(-c2ccc3ccccc3c2)c1. The summed E-state index contributed by atoms with van der Waals surface area (Å²) in [6, 6.07) is 72.2. The molecule has 0 bridgehead atoms. The minimum absolute atomic E-state index is 0.910. The monoisotopic (exact) mass is 719 g/mol. The zero-order chi connectivity index (χ0) is 36.3. The van der Waals surface area contributed by atoms with Gasteiger partial charge in [0.1, 0.15) is 11.2 Å². The number of thiophene rings is 1. The van der Waals surface area contributed by atoms with Crippen molar-refractivity contribution in [3.63, 3.8) is 0 Å². The molecule has 0 unspecified atom stereocenters. The van der Waals surface area contributed by atoms with E-state index in [1.807, 2.05) is 23.5 Å². The molecular formula is C52H33NOS. The number of nitrogens with zero attached hydrogens (tertiary/aromatic N) is 1. The van der Waals surface area contributed by atoms with Crippen LogP contribution in [-0.2, 0) is 0 Å². The third kappa shape index (κ3) is 5.48. The molecule has 0 saturated heterocycles. The first-order valence-electron chi connectivity index (χ1n) is 18.7. The van der Waals surface area contributed by atoms with Crippen LogP contribution in [0.15, 0.2) is 205 Å². The first-order chi connectivity index (χ1) is 27.2. The maximum atomic E-state index is 6.41. The van der Waals surface area contributed by atoms with Gasteiger partial charge in [-0.25, -0.2) is 0 Å². The highest BCUT2D eigenvalue weighted by molar-refractivity contribution is 7.25. The normalized spacial score (nSPS) is 11.6. The van der Waals surface area contributed by atoms with Crippen molar-refractivity contribution in [3.05, 3.63) is 200 Å². The van der Waals surface area contributed by atoms with E-state index in [2.05, 4.69) is 193 Å². The van der Waals surface area contributed by atoms with Crippen molar-refractivity contribution in [1.29, 1.82) is 0 Å². The summed E-state index contributed by atoms with van der Waals surface area (Å²) >= 11 is 1.85. The van der Waals surface area contributed by atoms with E-state index in [0.29, 0.717) is 0 Å². The smallest absolute Gasteiger partial charge is 0.143 e. The summed E-state index contributed by atoms with van der Waals surface area (Å²) in [6.07, 6.45) is 0. The molecule has 0 aliphatic heterocycles. The van der Waals surface area contributed by atoms with E-state index < -0.39 is 0 Å². The highest BCUT2D eigenvalue weighted by atomic mass is 32.1. The number of para-hydroxylation sites is 2. The van der Waals surface area contributed by atoms with E-state index in [4.69, 9.17) is 4.42 Å². The van der Waals surface area contributed by atoms with Gasteiger partial charge in [-0.05, 0) is 99.3 Å². The Labute approximate surface area is 322 Å². The predicted octanol–water partition coefficient (Wildman–Crippen LogP) is 15.6. The van der Waals surface area contributed by atoms with Gasteiger partial charge in [0.15, 0.2) is 0 Å². The molecule has 11 rings (SSSR count). The summed E-state index contributed by atoms with van der Waals surface area (Å²) in [5.41, 5.74) is 12.2. The van der Waals surface area contributed by atoms with Crippen LogP contribution in [0.3, 0.4) is 0 Å². The standard InChI is InChI=1S/C52H33NOS/c1-2-10-37-32-40(20-19-34(37)9-1)39-12-7-11-38(31-39)35-21-25-41(26-22-35)53(43-29-30-47-46-14-4-6-18-50(46)55-51(47)33-43)42-27-23-36(24-28-42)44-15-8-16-48-45-13-3-5-17-49(45)54-52(44)48/h1-33H. The molecule has 9 aromatic carbocycles. The molecule has 0 atom stereocenters. The molecule has 55 heavy (non-hydrogen) atoms. The average Bonchev–Trinajstić information content (AvgIpc) is 3.82. The fraction of sp³-hybridized carbons (Fsp3) is 0. The maximum absolute atomic E-state index is 6.41. The van der Waals surface area contributed by atoms with Crippen LogP contribution in [0.1, 0.15) is 0 Å². The topological polar surface area (TPSA) is 16.4 Å². The lowest BCUT2D eigenvalue weighted by molar-refractivity contribution is 0.670. The maximum Gasteiger partial charge on any atom is 0.143 e. The first kappa shape index (κ1) is 31.6. The third-order valence-electron chi connectivity index (χ3n) is 10.9. The van der Waals surface area contributed by atoms with Gasteiger partial charge in [-0.15, -0.1) is 11.3 Å². The van der Waals surface area contributed by atoms with E-state index >= 15 is 0 Å². The van der Waals surface area contributed by atoms with E-state index in [1.165, 1.54) is 53.2 Å². The number of hydrogen-bond acceptors (Lipinski definition) is 3. The largest absolute Gasteiger partial charge is 0.455 e. The van der Waals surface area contributed by atoms with E-state index in [9.17, 15) is 0 Å². The Morgan fingerprint density at radius 1 is 0.345 bits per heavy atom. The van der Waals surface area contributed by atoms with Gasteiger partial charge in [0.25, 0.3) is 0 Å². The number of benzene rings is 9. The van der Waals surface area contributed by atoms with Crippen molar-refractivity contribution in [2.45, 2.75) is 0 Å². The second-order valence-corrected chi connectivity index (χ2v) is 15.2. The van der Waals surface area contributed by atoms with Crippen LogP contribution in [0.5, 0.6) is 0 Å². The number of hydrogen-bond donors (Lipinski definition) is 0. The summed E-state index contributed by atoms with van der Waals surface area (Å²) < 4.78 is 8.99. The number of rotatable bonds is 6. The number of anilines is 3. The van der Waals surface area contributed by atoms with Gasteiger partial charge in [-0.2, -0.15) is 0 Å². The van der Waals surface area contributed by atoms with Gasteiger partial charge < -0.3 is 9.32 Å². The molecule has 258 valence electrons. The third-order valence-corrected chi connectivity index (χ3v) is 12.0. The zero-order valence-corrected chi connectivity index (χ0v) is 30.6. The molecule has 0 N–H and O–H groups in total. The van der Waals surface area contributed by atoms with Crippen molar-refractivity contribution in [2.75, 3.05) is 4.90 Å². The Balaban J connectivity index is 0.987. The fourth-order valence-electron chi connectivity index (χ4n) is 8.12. The molecule has 0 saturated carbocycles. The van der Waals surface area contributed by atoms with Gasteiger partial charge in [-0.3, -0.25) is 0 Å². The molecule has 3 heteroatoms. The van der Waals surface area contributed by atoms with Gasteiger partial charge in [-0.1, -0.05) is 140 Å². The lowest BCUT2D eigenvalue weighted by atomic mass is 9.97. The molecule has 0 radical (unpaired) electrons. The number of furan rings is 1. The quantitative estimate of drug-likeness (QED) is 0.170.